The number of aromatic nitrogens is 3. The van der Waals surface area contributed by atoms with Crippen LogP contribution in [-0.4, -0.2) is 77.7 Å². The molecule has 1 saturated heterocycles. The number of amides is 1. The third-order valence-electron chi connectivity index (χ3n) is 8.15. The molecule has 3 aromatic rings. The first-order valence-electron chi connectivity index (χ1n) is 14.2. The van der Waals surface area contributed by atoms with Gasteiger partial charge < -0.3 is 29.2 Å². The molecule has 0 radical (unpaired) electrons. The standard InChI is InChI=1S/C31H39Cl2N7O3/c1-7-24(41)39-15-13-38(14-16-39)11-9-31(3,8-2)10-12-40-28(34)21(17-20-19-36-30(35-4)37-29(20)40)25-26(32)22(42-5)18-23(43-6)27(25)33/h7,9,11,17-19,34H,1,8,10,12-16H2,2-6H3,(H,35,36,37)/b11-9+,34-28?. The summed E-state index contributed by atoms with van der Waals surface area (Å²) in [4.78, 5) is 25.1. The molecule has 0 bridgehead atoms. The van der Waals surface area contributed by atoms with Gasteiger partial charge in [-0.1, -0.05) is 49.7 Å². The number of methoxy groups -OCH3 is 2. The molecule has 230 valence electrons. The molecule has 0 spiro atoms. The number of ether oxygens (including phenoxy) is 2. The highest BCUT2D eigenvalue weighted by Gasteiger charge is 2.25. The minimum absolute atomic E-state index is 0.0279. The Morgan fingerprint density at radius 3 is 2.37 bits per heavy atom. The van der Waals surface area contributed by atoms with Gasteiger partial charge in [0.1, 0.15) is 22.6 Å². The Bertz CT molecular complexity index is 1570. The Balaban J connectivity index is 1.72. The van der Waals surface area contributed by atoms with Crippen molar-refractivity contribution in [2.45, 2.75) is 33.2 Å². The maximum atomic E-state index is 11.9. The van der Waals surface area contributed by atoms with Gasteiger partial charge in [-0.25, -0.2) is 4.98 Å². The summed E-state index contributed by atoms with van der Waals surface area (Å²) >= 11 is 13.6. The van der Waals surface area contributed by atoms with Crippen molar-refractivity contribution in [3.05, 3.63) is 58.8 Å². The van der Waals surface area contributed by atoms with Crippen molar-refractivity contribution in [3.8, 4) is 22.6 Å². The maximum absolute atomic E-state index is 11.9. The number of allylic oxidation sites excluding steroid dienone is 1. The minimum atomic E-state index is -0.164. The highest BCUT2D eigenvalue weighted by atomic mass is 35.5. The number of rotatable bonds is 11. The van der Waals surface area contributed by atoms with Gasteiger partial charge in [0.2, 0.25) is 11.9 Å². The van der Waals surface area contributed by atoms with Crippen LogP contribution in [-0.2, 0) is 11.3 Å². The summed E-state index contributed by atoms with van der Waals surface area (Å²) in [6.45, 7) is 11.4. The Morgan fingerprint density at radius 2 is 1.81 bits per heavy atom. The lowest BCUT2D eigenvalue weighted by Crippen LogP contribution is -2.46. The van der Waals surface area contributed by atoms with E-state index in [1.165, 1.54) is 20.3 Å². The van der Waals surface area contributed by atoms with Crippen LogP contribution in [0.2, 0.25) is 10.0 Å². The predicted octanol–water partition coefficient (Wildman–Crippen LogP) is 5.59. The minimum Gasteiger partial charge on any atom is -0.495 e. The van der Waals surface area contributed by atoms with Crippen LogP contribution >= 0.6 is 23.2 Å². The zero-order chi connectivity index (χ0) is 31.3. The number of nitrogens with zero attached hydrogens (tertiary/aromatic N) is 5. The molecule has 0 saturated carbocycles. The molecule has 1 aromatic carbocycles. The van der Waals surface area contributed by atoms with Crippen LogP contribution < -0.4 is 20.3 Å². The number of piperazine rings is 1. The molecule has 1 aliphatic rings. The maximum Gasteiger partial charge on any atom is 0.246 e. The summed E-state index contributed by atoms with van der Waals surface area (Å²) in [6, 6.07) is 3.46. The highest BCUT2D eigenvalue weighted by Crippen LogP contribution is 2.45. The van der Waals surface area contributed by atoms with E-state index in [0.717, 1.165) is 31.3 Å². The van der Waals surface area contributed by atoms with Gasteiger partial charge >= 0.3 is 0 Å². The molecule has 2 aromatic heterocycles. The number of carbonyl (C=O) groups excluding carboxylic acids is 1. The summed E-state index contributed by atoms with van der Waals surface area (Å²) in [5, 5.41) is 13.7. The van der Waals surface area contributed by atoms with Crippen LogP contribution in [0.25, 0.3) is 22.2 Å². The quantitative estimate of drug-likeness (QED) is 0.267. The summed E-state index contributed by atoms with van der Waals surface area (Å²) in [7, 11) is 4.80. The molecular formula is C31H39Cl2N7O3. The molecule has 4 rings (SSSR count). The Labute approximate surface area is 262 Å². The molecule has 1 amide bonds. The molecule has 43 heavy (non-hydrogen) atoms. The lowest BCUT2D eigenvalue weighted by atomic mass is 9.84. The predicted molar refractivity (Wildman–Crippen MR) is 172 cm³/mol. The van der Waals surface area contributed by atoms with Gasteiger partial charge in [-0.05, 0) is 36.6 Å². The first-order valence-corrected chi connectivity index (χ1v) is 14.9. The number of benzene rings is 1. The van der Waals surface area contributed by atoms with Gasteiger partial charge in [-0.15, -0.1) is 0 Å². The number of hydrogen-bond donors (Lipinski definition) is 2. The normalized spacial score (nSPS) is 15.0. The Kier molecular flexibility index (Phi) is 10.2. The number of anilines is 1. The monoisotopic (exact) mass is 627 g/mol. The van der Waals surface area contributed by atoms with Gasteiger partial charge in [-0.3, -0.25) is 10.2 Å². The molecule has 1 unspecified atom stereocenters. The number of fused-ring (bicyclic) bond motifs is 1. The van der Waals surface area contributed by atoms with Gasteiger partial charge in [0.05, 0.1) is 24.3 Å². The first kappa shape index (κ1) is 32.2. The third kappa shape index (κ3) is 6.75. The summed E-state index contributed by atoms with van der Waals surface area (Å²) < 4.78 is 12.9. The highest BCUT2D eigenvalue weighted by molar-refractivity contribution is 6.41. The summed E-state index contributed by atoms with van der Waals surface area (Å²) in [5.74, 6) is 1.22. The van der Waals surface area contributed by atoms with Crippen molar-refractivity contribution in [3.63, 3.8) is 0 Å². The fourth-order valence-electron chi connectivity index (χ4n) is 5.08. The van der Waals surface area contributed by atoms with Crippen molar-refractivity contribution in [2.75, 3.05) is 52.8 Å². The molecule has 1 fully saturated rings. The van der Waals surface area contributed by atoms with Crippen molar-refractivity contribution in [1.82, 2.24) is 24.3 Å². The lowest BCUT2D eigenvalue weighted by molar-refractivity contribution is -0.127. The molecule has 1 atom stereocenters. The van der Waals surface area contributed by atoms with Gasteiger partial charge in [0.25, 0.3) is 0 Å². The number of nitrogens with one attached hydrogen (secondary N) is 2. The van der Waals surface area contributed by atoms with Crippen LogP contribution in [0.15, 0.2) is 43.3 Å². The lowest BCUT2D eigenvalue weighted by Gasteiger charge is -2.34. The van der Waals surface area contributed by atoms with E-state index in [1.807, 2.05) is 15.5 Å². The number of halogens is 2. The van der Waals surface area contributed by atoms with Crippen molar-refractivity contribution < 1.29 is 14.3 Å². The summed E-state index contributed by atoms with van der Waals surface area (Å²) in [6.07, 6.45) is 9.11. The van der Waals surface area contributed by atoms with Gasteiger partial charge in [0.15, 0.2) is 0 Å². The van der Waals surface area contributed by atoms with E-state index >= 15 is 0 Å². The zero-order valence-electron chi connectivity index (χ0n) is 25.3. The van der Waals surface area contributed by atoms with Crippen LogP contribution in [0.1, 0.15) is 26.7 Å². The van der Waals surface area contributed by atoms with Crippen molar-refractivity contribution in [1.29, 1.82) is 5.41 Å². The third-order valence-corrected chi connectivity index (χ3v) is 8.90. The smallest absolute Gasteiger partial charge is 0.246 e. The molecule has 12 heteroatoms. The molecule has 0 aliphatic carbocycles. The molecular weight excluding hydrogens is 589 g/mol. The molecule has 3 heterocycles. The fraction of sp³-hybridized carbons (Fsp3) is 0.419. The van der Waals surface area contributed by atoms with E-state index in [0.29, 0.717) is 53.9 Å². The van der Waals surface area contributed by atoms with E-state index in [-0.39, 0.29) is 26.9 Å². The Hall–Kier alpha value is -3.76. The second-order valence-electron chi connectivity index (χ2n) is 10.7. The van der Waals surface area contributed by atoms with Crippen LogP contribution in [0.4, 0.5) is 5.95 Å². The largest absolute Gasteiger partial charge is 0.495 e. The van der Waals surface area contributed by atoms with E-state index in [1.54, 1.807) is 19.3 Å². The van der Waals surface area contributed by atoms with Crippen LogP contribution in [0.3, 0.4) is 0 Å². The number of pyridine rings is 1. The zero-order valence-corrected chi connectivity index (χ0v) is 26.8. The van der Waals surface area contributed by atoms with E-state index in [2.05, 4.69) is 47.9 Å². The van der Waals surface area contributed by atoms with Crippen LogP contribution in [0, 0.1) is 10.8 Å². The van der Waals surface area contributed by atoms with Gasteiger partial charge in [0, 0.05) is 68.5 Å². The van der Waals surface area contributed by atoms with Crippen molar-refractivity contribution >= 4 is 46.1 Å². The fourth-order valence-corrected chi connectivity index (χ4v) is 5.78. The van der Waals surface area contributed by atoms with E-state index in [4.69, 9.17) is 37.7 Å². The van der Waals surface area contributed by atoms with Gasteiger partial charge in [-0.2, -0.15) is 4.98 Å². The number of aryl methyl sites for hydroxylation is 1. The topological polar surface area (TPSA) is 109 Å². The van der Waals surface area contributed by atoms with E-state index < -0.39 is 0 Å². The van der Waals surface area contributed by atoms with E-state index in [9.17, 15) is 10.2 Å². The average Bonchev–Trinajstić information content (AvgIpc) is 3.03. The SMILES string of the molecule is C=CC(=O)N1CCN(/C=C/C(C)(CC)CCn2c(=N)c(-c3c(Cl)c(OC)cc(OC)c3Cl)cc3cnc(NC)nc32)CC1. The second-order valence-corrected chi connectivity index (χ2v) is 11.5. The van der Waals surface area contributed by atoms with Crippen LogP contribution in [0.5, 0.6) is 11.5 Å². The summed E-state index contributed by atoms with van der Waals surface area (Å²) in [5.41, 5.74) is 1.63. The number of carbonyl (C=O) groups is 1. The number of hydrogen-bond acceptors (Lipinski definition) is 8. The molecule has 2 N–H and O–H groups in total. The molecule has 1 aliphatic heterocycles. The average molecular weight is 629 g/mol. The van der Waals surface area contributed by atoms with Crippen molar-refractivity contribution in [2.24, 2.45) is 5.41 Å². The molecule has 10 nitrogen and oxygen atoms in total. The second kappa shape index (κ2) is 13.7. The Morgan fingerprint density at radius 1 is 1.16 bits per heavy atom. The first-order chi connectivity index (χ1) is 20.6.